The Kier molecular flexibility index (Phi) is 5.60. The summed E-state index contributed by atoms with van der Waals surface area (Å²) >= 11 is 0. The third kappa shape index (κ3) is 3.69. The summed E-state index contributed by atoms with van der Waals surface area (Å²) in [6.45, 7) is 8.93. The number of ether oxygens (including phenoxy) is 1. The van der Waals surface area contributed by atoms with Gasteiger partial charge in [-0.1, -0.05) is 0 Å². The molecule has 0 atom stereocenters. The molecule has 0 radical (unpaired) electrons. The maximum Gasteiger partial charge on any atom is 0.307 e. The summed E-state index contributed by atoms with van der Waals surface area (Å²) in [4.78, 5) is 16.5. The maximum absolute atomic E-state index is 11.8. The summed E-state index contributed by atoms with van der Waals surface area (Å²) < 4.78 is 5.11. The minimum atomic E-state index is -0.0656. The highest BCUT2D eigenvalue weighted by molar-refractivity contribution is 5.71. The minimum absolute atomic E-state index is 0.0162. The van der Waals surface area contributed by atoms with E-state index >= 15 is 0 Å². The van der Waals surface area contributed by atoms with Crippen molar-refractivity contribution in [2.24, 2.45) is 0 Å². The summed E-state index contributed by atoms with van der Waals surface area (Å²) in [7, 11) is 4.15. The first-order valence-corrected chi connectivity index (χ1v) is 6.98. The molecule has 4 heteroatoms. The number of esters is 1. The highest BCUT2D eigenvalue weighted by atomic mass is 16.5. The molecule has 4 nitrogen and oxygen atoms in total. The van der Waals surface area contributed by atoms with Gasteiger partial charge < -0.3 is 14.5 Å². The zero-order valence-corrected chi connectivity index (χ0v) is 12.5. The molecular formula is C14H28N2O2. The second-order valence-corrected chi connectivity index (χ2v) is 5.73. The van der Waals surface area contributed by atoms with Crippen molar-refractivity contribution >= 4 is 5.97 Å². The van der Waals surface area contributed by atoms with E-state index in [9.17, 15) is 4.79 Å². The molecule has 1 rings (SSSR count). The summed E-state index contributed by atoms with van der Waals surface area (Å²) in [6.07, 6.45) is 2.59. The smallest absolute Gasteiger partial charge is 0.307 e. The number of nitrogens with zero attached hydrogens (tertiary/aromatic N) is 2. The van der Waals surface area contributed by atoms with E-state index in [1.807, 2.05) is 6.92 Å². The molecule has 0 bridgehead atoms. The van der Waals surface area contributed by atoms with E-state index in [1.54, 1.807) is 0 Å². The van der Waals surface area contributed by atoms with Gasteiger partial charge in [-0.05, 0) is 47.7 Å². The van der Waals surface area contributed by atoms with Crippen molar-refractivity contribution in [3.63, 3.8) is 0 Å². The van der Waals surface area contributed by atoms with Crippen molar-refractivity contribution in [2.45, 2.75) is 51.6 Å². The molecule has 0 aliphatic carbocycles. The van der Waals surface area contributed by atoms with Gasteiger partial charge in [0, 0.05) is 24.7 Å². The lowest BCUT2D eigenvalue weighted by molar-refractivity contribution is -0.147. The van der Waals surface area contributed by atoms with Crippen molar-refractivity contribution in [3.05, 3.63) is 0 Å². The Balaban J connectivity index is 2.64. The molecule has 0 saturated carbocycles. The lowest BCUT2D eigenvalue weighted by atomic mass is 9.83. The van der Waals surface area contributed by atoms with E-state index in [-0.39, 0.29) is 11.5 Å². The van der Waals surface area contributed by atoms with Gasteiger partial charge in [0.05, 0.1) is 13.0 Å². The van der Waals surface area contributed by atoms with Crippen LogP contribution in [0.2, 0.25) is 0 Å². The Morgan fingerprint density at radius 3 is 2.28 bits per heavy atom. The highest BCUT2D eigenvalue weighted by Gasteiger charge is 2.39. The molecule has 0 amide bonds. The molecule has 0 aromatic heterocycles. The predicted octanol–water partition coefficient (Wildman–Crippen LogP) is 1.74. The first kappa shape index (κ1) is 15.4. The Labute approximate surface area is 111 Å². The largest absolute Gasteiger partial charge is 0.466 e. The lowest BCUT2D eigenvalue weighted by Gasteiger charge is -2.46. The first-order valence-electron chi connectivity index (χ1n) is 6.98. The fourth-order valence-corrected chi connectivity index (χ4v) is 2.72. The number of rotatable bonds is 5. The molecule has 0 spiro atoms. The van der Waals surface area contributed by atoms with Gasteiger partial charge in [0.25, 0.3) is 0 Å². The quantitative estimate of drug-likeness (QED) is 0.702. The van der Waals surface area contributed by atoms with Crippen LogP contribution in [0.4, 0.5) is 0 Å². The van der Waals surface area contributed by atoms with Gasteiger partial charge in [-0.3, -0.25) is 4.79 Å². The molecule has 1 fully saturated rings. The summed E-state index contributed by atoms with van der Waals surface area (Å²) in [5.41, 5.74) is -0.0162. The fraction of sp³-hybridized carbons (Fsp3) is 0.929. The molecule has 0 N–H and O–H groups in total. The van der Waals surface area contributed by atoms with Crippen LogP contribution in [0.5, 0.6) is 0 Å². The molecule has 1 heterocycles. The number of carbonyl (C=O) groups is 1. The van der Waals surface area contributed by atoms with E-state index in [2.05, 4.69) is 37.7 Å². The number of hydrogen-bond donors (Lipinski definition) is 0. The van der Waals surface area contributed by atoms with Crippen LogP contribution in [-0.2, 0) is 9.53 Å². The third-order valence-electron chi connectivity index (χ3n) is 4.19. The van der Waals surface area contributed by atoms with Crippen LogP contribution < -0.4 is 0 Å². The monoisotopic (exact) mass is 256 g/mol. The Bertz CT molecular complexity index is 269. The molecule has 1 aliphatic rings. The van der Waals surface area contributed by atoms with E-state index in [0.717, 1.165) is 25.9 Å². The van der Waals surface area contributed by atoms with E-state index < -0.39 is 0 Å². The van der Waals surface area contributed by atoms with E-state index in [1.165, 1.54) is 0 Å². The molecule has 18 heavy (non-hydrogen) atoms. The number of hydrogen-bond acceptors (Lipinski definition) is 4. The van der Waals surface area contributed by atoms with Gasteiger partial charge in [-0.25, -0.2) is 0 Å². The van der Waals surface area contributed by atoms with Crippen LogP contribution in [0.3, 0.4) is 0 Å². The van der Waals surface area contributed by atoms with Gasteiger partial charge >= 0.3 is 5.97 Å². The van der Waals surface area contributed by atoms with Crippen molar-refractivity contribution < 1.29 is 9.53 Å². The Morgan fingerprint density at radius 1 is 1.33 bits per heavy atom. The predicted molar refractivity (Wildman–Crippen MR) is 73.6 cm³/mol. The second-order valence-electron chi connectivity index (χ2n) is 5.73. The molecule has 0 aromatic rings. The van der Waals surface area contributed by atoms with Gasteiger partial charge in [-0.15, -0.1) is 0 Å². The van der Waals surface area contributed by atoms with Crippen molar-refractivity contribution in [1.29, 1.82) is 0 Å². The van der Waals surface area contributed by atoms with Crippen molar-refractivity contribution in [2.75, 3.05) is 33.8 Å². The fourth-order valence-electron chi connectivity index (χ4n) is 2.72. The average molecular weight is 256 g/mol. The Hall–Kier alpha value is -0.610. The van der Waals surface area contributed by atoms with Crippen LogP contribution >= 0.6 is 0 Å². The normalized spacial score (nSPS) is 20.4. The lowest BCUT2D eigenvalue weighted by Crippen LogP contribution is -2.55. The van der Waals surface area contributed by atoms with Gasteiger partial charge in [0.1, 0.15) is 0 Å². The topological polar surface area (TPSA) is 32.8 Å². The third-order valence-corrected chi connectivity index (χ3v) is 4.19. The zero-order chi connectivity index (χ0) is 13.8. The molecule has 0 unspecified atom stereocenters. The number of piperidine rings is 1. The number of likely N-dealkylation sites (tertiary alicyclic amines) is 1. The van der Waals surface area contributed by atoms with Crippen LogP contribution in [0.1, 0.15) is 40.0 Å². The van der Waals surface area contributed by atoms with Gasteiger partial charge in [0.2, 0.25) is 0 Å². The van der Waals surface area contributed by atoms with Crippen LogP contribution in [0.15, 0.2) is 0 Å². The Morgan fingerprint density at radius 2 is 1.89 bits per heavy atom. The average Bonchev–Trinajstić information content (AvgIpc) is 2.29. The van der Waals surface area contributed by atoms with E-state index in [0.29, 0.717) is 19.1 Å². The summed E-state index contributed by atoms with van der Waals surface area (Å²) in [5, 5.41) is 0. The van der Waals surface area contributed by atoms with Crippen molar-refractivity contribution in [3.8, 4) is 0 Å². The van der Waals surface area contributed by atoms with E-state index in [4.69, 9.17) is 4.74 Å². The van der Waals surface area contributed by atoms with Crippen LogP contribution in [0.25, 0.3) is 0 Å². The van der Waals surface area contributed by atoms with Gasteiger partial charge in [0.15, 0.2) is 0 Å². The molecular weight excluding hydrogens is 228 g/mol. The molecule has 0 aromatic carbocycles. The molecule has 106 valence electrons. The maximum atomic E-state index is 11.8. The van der Waals surface area contributed by atoms with Crippen LogP contribution in [0, 0.1) is 0 Å². The first-order chi connectivity index (χ1) is 8.41. The molecule has 1 saturated heterocycles. The SMILES string of the molecule is CCOC(=O)CC1(N(C)C)CCN(C(C)C)CC1. The summed E-state index contributed by atoms with van der Waals surface area (Å²) in [6, 6.07) is 0.591. The van der Waals surface area contributed by atoms with Crippen molar-refractivity contribution in [1.82, 2.24) is 9.80 Å². The molecule has 1 aliphatic heterocycles. The summed E-state index contributed by atoms with van der Waals surface area (Å²) in [5.74, 6) is -0.0656. The standard InChI is InChI=1S/C14H28N2O2/c1-6-18-13(17)11-14(15(4)5)7-9-16(10-8-14)12(2)3/h12H,6-11H2,1-5H3. The van der Waals surface area contributed by atoms with Crippen LogP contribution in [-0.4, -0.2) is 61.1 Å². The zero-order valence-electron chi connectivity index (χ0n) is 12.5. The minimum Gasteiger partial charge on any atom is -0.466 e. The highest BCUT2D eigenvalue weighted by Crippen LogP contribution is 2.31. The van der Waals surface area contributed by atoms with Gasteiger partial charge in [-0.2, -0.15) is 0 Å². The second kappa shape index (κ2) is 6.53. The number of carbonyl (C=O) groups excluding carboxylic acids is 1.